The van der Waals surface area contributed by atoms with Gasteiger partial charge in [0.2, 0.25) is 11.8 Å². The summed E-state index contributed by atoms with van der Waals surface area (Å²) in [6.07, 6.45) is 4.07. The van der Waals surface area contributed by atoms with E-state index in [-0.39, 0.29) is 23.7 Å². The van der Waals surface area contributed by atoms with E-state index in [4.69, 9.17) is 0 Å². The summed E-state index contributed by atoms with van der Waals surface area (Å²) in [4.78, 5) is 29.5. The van der Waals surface area contributed by atoms with Crippen molar-refractivity contribution in [3.8, 4) is 0 Å². The minimum absolute atomic E-state index is 0.0239. The van der Waals surface area contributed by atoms with E-state index < -0.39 is 11.3 Å². The van der Waals surface area contributed by atoms with Crippen molar-refractivity contribution in [3.05, 3.63) is 29.8 Å². The van der Waals surface area contributed by atoms with Crippen molar-refractivity contribution in [1.29, 1.82) is 0 Å². The predicted molar refractivity (Wildman–Crippen MR) is 88.1 cm³/mol. The predicted octanol–water partition coefficient (Wildman–Crippen LogP) is 2.13. The van der Waals surface area contributed by atoms with Crippen molar-refractivity contribution in [3.63, 3.8) is 0 Å². The zero-order valence-electron chi connectivity index (χ0n) is 13.9. The number of carbonyl (C=O) groups excluding carboxylic acids is 2. The number of benzene rings is 1. The van der Waals surface area contributed by atoms with Gasteiger partial charge in [-0.2, -0.15) is 0 Å². The molecule has 3 fully saturated rings. The first-order valence-electron chi connectivity index (χ1n) is 8.97. The van der Waals surface area contributed by atoms with Crippen LogP contribution in [0.15, 0.2) is 24.3 Å². The molecule has 1 aromatic carbocycles. The highest BCUT2D eigenvalue weighted by atomic mass is 16.3. The maximum Gasteiger partial charge on any atom is 0.229 e. The van der Waals surface area contributed by atoms with Crippen molar-refractivity contribution < 1.29 is 14.7 Å². The monoisotopic (exact) mass is 326 g/mol. The lowest BCUT2D eigenvalue weighted by Gasteiger charge is -2.63. The van der Waals surface area contributed by atoms with Gasteiger partial charge in [0.05, 0.1) is 12.1 Å². The Morgan fingerprint density at radius 3 is 2.75 bits per heavy atom. The van der Waals surface area contributed by atoms with Gasteiger partial charge in [-0.3, -0.25) is 14.5 Å². The van der Waals surface area contributed by atoms with Crippen LogP contribution in [0.1, 0.15) is 51.0 Å². The number of para-hydroxylation sites is 1. The highest BCUT2D eigenvalue weighted by Crippen LogP contribution is 2.69. The van der Waals surface area contributed by atoms with Crippen LogP contribution < -0.4 is 4.90 Å². The second-order valence-corrected chi connectivity index (χ2v) is 7.74. The third kappa shape index (κ3) is 1.21. The van der Waals surface area contributed by atoms with Gasteiger partial charge in [-0.05, 0) is 31.7 Å². The van der Waals surface area contributed by atoms with Crippen molar-refractivity contribution in [1.82, 2.24) is 4.90 Å². The Kier molecular flexibility index (Phi) is 2.53. The molecule has 1 unspecified atom stereocenters. The number of carbonyl (C=O) groups is 2. The molecule has 3 saturated heterocycles. The maximum absolute atomic E-state index is 13.0. The number of amides is 2. The fourth-order valence-corrected chi connectivity index (χ4v) is 6.29. The molecule has 3 atom stereocenters. The van der Waals surface area contributed by atoms with Gasteiger partial charge >= 0.3 is 0 Å². The Morgan fingerprint density at radius 2 is 1.96 bits per heavy atom. The molecule has 1 spiro atoms. The van der Waals surface area contributed by atoms with E-state index in [1.54, 1.807) is 4.90 Å². The molecular weight excluding hydrogens is 304 g/mol. The largest absolute Gasteiger partial charge is 0.380 e. The lowest BCUT2D eigenvalue weighted by atomic mass is 9.57. The third-order valence-corrected chi connectivity index (χ3v) is 7.11. The van der Waals surface area contributed by atoms with Crippen LogP contribution in [0.2, 0.25) is 0 Å². The number of hydrogen-bond donors (Lipinski definition) is 1. The molecule has 4 heterocycles. The van der Waals surface area contributed by atoms with Crippen molar-refractivity contribution >= 4 is 17.5 Å². The molecule has 4 aliphatic rings. The Morgan fingerprint density at radius 1 is 1.17 bits per heavy atom. The summed E-state index contributed by atoms with van der Waals surface area (Å²) in [6.45, 7) is 2.76. The van der Waals surface area contributed by atoms with Crippen LogP contribution in [0.3, 0.4) is 0 Å². The minimum Gasteiger partial charge on any atom is -0.380 e. The summed E-state index contributed by atoms with van der Waals surface area (Å²) in [5.41, 5.74) is -0.923. The second-order valence-electron chi connectivity index (χ2n) is 7.74. The van der Waals surface area contributed by atoms with Crippen LogP contribution in [0.4, 0.5) is 5.69 Å². The van der Waals surface area contributed by atoms with Crippen LogP contribution in [-0.4, -0.2) is 34.0 Å². The fraction of sp³-hybridized carbons (Fsp3) is 0.579. The van der Waals surface area contributed by atoms with Gasteiger partial charge in [0.1, 0.15) is 5.60 Å². The van der Waals surface area contributed by atoms with E-state index in [0.717, 1.165) is 36.9 Å². The van der Waals surface area contributed by atoms with E-state index in [9.17, 15) is 14.7 Å². The van der Waals surface area contributed by atoms with Gasteiger partial charge in [0, 0.05) is 23.9 Å². The molecule has 5 nitrogen and oxygen atoms in total. The van der Waals surface area contributed by atoms with Gasteiger partial charge in [0.25, 0.3) is 0 Å². The first-order chi connectivity index (χ1) is 11.5. The highest BCUT2D eigenvalue weighted by Gasteiger charge is 2.80. The number of hydrogen-bond acceptors (Lipinski definition) is 3. The number of rotatable bonds is 1. The third-order valence-electron chi connectivity index (χ3n) is 7.11. The summed E-state index contributed by atoms with van der Waals surface area (Å²) in [7, 11) is 0. The molecule has 0 radical (unpaired) electrons. The Labute approximate surface area is 141 Å². The van der Waals surface area contributed by atoms with Gasteiger partial charge in [0.15, 0.2) is 5.66 Å². The molecule has 1 N–H and O–H groups in total. The SMILES string of the molecule is CC[C@@]12CCCN3C(=O)C[C@]4(O)c5ccccc5N(C(=O)CC1)C324. The van der Waals surface area contributed by atoms with Gasteiger partial charge < -0.3 is 10.0 Å². The van der Waals surface area contributed by atoms with Crippen LogP contribution in [0.5, 0.6) is 0 Å². The molecule has 24 heavy (non-hydrogen) atoms. The summed E-state index contributed by atoms with van der Waals surface area (Å²) in [5, 5.41) is 11.9. The van der Waals surface area contributed by atoms with Gasteiger partial charge in [-0.1, -0.05) is 25.1 Å². The van der Waals surface area contributed by atoms with E-state index in [0.29, 0.717) is 13.0 Å². The molecule has 0 aromatic heterocycles. The standard InChI is InChI=1S/C19H22N2O3/c1-2-17-9-5-11-20-16(23)12-18(24)13-6-3-4-7-14(13)21(19(17,18)20)15(22)8-10-17/h3-4,6-7,24H,2,5,8-12H2,1H3/t17-,18+,19?/m1/s1. The fourth-order valence-electron chi connectivity index (χ4n) is 6.29. The zero-order valence-corrected chi connectivity index (χ0v) is 13.9. The summed E-state index contributed by atoms with van der Waals surface area (Å²) >= 11 is 0. The first-order valence-corrected chi connectivity index (χ1v) is 8.97. The van der Waals surface area contributed by atoms with Crippen molar-refractivity contribution in [2.75, 3.05) is 11.4 Å². The smallest absolute Gasteiger partial charge is 0.229 e. The normalized spacial score (nSPS) is 39.8. The second kappa shape index (κ2) is 4.20. The molecule has 5 heteroatoms. The molecular formula is C19H22N2O3. The van der Waals surface area contributed by atoms with Crippen molar-refractivity contribution in [2.45, 2.75) is 56.7 Å². The van der Waals surface area contributed by atoms with Crippen LogP contribution >= 0.6 is 0 Å². The number of aliphatic hydroxyl groups is 1. The van der Waals surface area contributed by atoms with Crippen LogP contribution in [0.25, 0.3) is 0 Å². The molecule has 0 saturated carbocycles. The molecule has 0 aliphatic carbocycles. The van der Waals surface area contributed by atoms with E-state index in [1.807, 2.05) is 29.2 Å². The molecule has 2 amide bonds. The average molecular weight is 326 g/mol. The van der Waals surface area contributed by atoms with E-state index in [2.05, 4.69) is 6.92 Å². The number of anilines is 1. The molecule has 1 aromatic rings. The quantitative estimate of drug-likeness (QED) is 0.860. The molecule has 0 bridgehead atoms. The van der Waals surface area contributed by atoms with Crippen LogP contribution in [0, 0.1) is 5.41 Å². The lowest BCUT2D eigenvalue weighted by Crippen LogP contribution is -2.77. The highest BCUT2D eigenvalue weighted by molar-refractivity contribution is 6.03. The Bertz CT molecular complexity index is 778. The van der Waals surface area contributed by atoms with Crippen LogP contribution in [-0.2, 0) is 15.2 Å². The average Bonchev–Trinajstić information content (AvgIpc) is 2.96. The summed E-state index contributed by atoms with van der Waals surface area (Å²) < 4.78 is 0. The first kappa shape index (κ1) is 14.5. The number of fused-ring (bicyclic) bond motifs is 3. The molecule has 126 valence electrons. The molecule has 4 aliphatic heterocycles. The van der Waals surface area contributed by atoms with Gasteiger partial charge in [-0.15, -0.1) is 0 Å². The maximum atomic E-state index is 13.0. The number of piperidine rings is 2. The zero-order chi connectivity index (χ0) is 16.7. The van der Waals surface area contributed by atoms with E-state index in [1.165, 1.54) is 0 Å². The molecule has 5 rings (SSSR count). The topological polar surface area (TPSA) is 60.9 Å². The van der Waals surface area contributed by atoms with Gasteiger partial charge in [-0.25, -0.2) is 0 Å². The summed E-state index contributed by atoms with van der Waals surface area (Å²) in [6, 6.07) is 7.60. The summed E-state index contributed by atoms with van der Waals surface area (Å²) in [5.74, 6) is 0.00766. The minimum atomic E-state index is -1.30. The number of nitrogens with zero attached hydrogens (tertiary/aromatic N) is 2. The lowest BCUT2D eigenvalue weighted by molar-refractivity contribution is -0.179. The van der Waals surface area contributed by atoms with Crippen molar-refractivity contribution in [2.24, 2.45) is 5.41 Å². The van der Waals surface area contributed by atoms with E-state index >= 15 is 0 Å². The Balaban J connectivity index is 1.90. The Hall–Kier alpha value is -1.88.